The van der Waals surface area contributed by atoms with Crippen LogP contribution in [0.4, 0.5) is 13.2 Å². The van der Waals surface area contributed by atoms with Crippen molar-refractivity contribution in [3.05, 3.63) is 29.8 Å². The molecule has 1 aliphatic heterocycles. The van der Waals surface area contributed by atoms with E-state index >= 15 is 0 Å². The molecule has 0 aromatic heterocycles. The Morgan fingerprint density at radius 1 is 1.11 bits per heavy atom. The third-order valence-corrected chi connectivity index (χ3v) is 7.22. The highest BCUT2D eigenvalue weighted by Crippen LogP contribution is 2.30. The number of carbonyl (C=O) groups is 2. The Hall–Kier alpha value is -2.15. The smallest absolute Gasteiger partial charge is 0.341 e. The van der Waals surface area contributed by atoms with Crippen LogP contribution in [0.1, 0.15) is 17.3 Å². The van der Waals surface area contributed by atoms with Crippen LogP contribution in [0.2, 0.25) is 0 Å². The number of hydrogen-bond donors (Lipinski definition) is 1. The molecule has 0 bridgehead atoms. The lowest BCUT2D eigenvalue weighted by atomic mass is 10.2. The van der Waals surface area contributed by atoms with Crippen LogP contribution >= 0.6 is 0 Å². The van der Waals surface area contributed by atoms with Gasteiger partial charge >= 0.3 is 5.51 Å². The van der Waals surface area contributed by atoms with Crippen molar-refractivity contribution in [2.24, 2.45) is 0 Å². The van der Waals surface area contributed by atoms with E-state index in [1.807, 2.05) is 0 Å². The molecule has 1 N–H and O–H groups in total. The Kier molecular flexibility index (Phi) is 6.09. The van der Waals surface area contributed by atoms with Gasteiger partial charge in [-0.3, -0.25) is 9.59 Å². The second kappa shape index (κ2) is 7.70. The molecule has 13 heteroatoms. The number of hydrogen-bond acceptors (Lipinski definition) is 6. The first-order chi connectivity index (χ1) is 12.7. The van der Waals surface area contributed by atoms with Gasteiger partial charge in [0.25, 0.3) is 15.7 Å². The number of rotatable bonds is 4. The molecule has 1 heterocycles. The van der Waals surface area contributed by atoms with E-state index in [1.54, 1.807) is 0 Å². The fraction of sp³-hybridized carbons (Fsp3) is 0.467. The standard InChI is InChI=1S/C15H17F3N2O6S2/c1-10(14(22)20-6-8-27(23,24)9-7-20)19-13(21)11-2-4-12(5-3-11)28(25,26)15(16,17)18/h2-5,10H,6-9H2,1H3,(H,19,21). The van der Waals surface area contributed by atoms with E-state index < -0.39 is 47.9 Å². The maximum atomic E-state index is 12.5. The van der Waals surface area contributed by atoms with Gasteiger partial charge in [0.15, 0.2) is 9.84 Å². The summed E-state index contributed by atoms with van der Waals surface area (Å²) in [6.45, 7) is 1.39. The molecule has 1 saturated heterocycles. The molecule has 1 aliphatic rings. The van der Waals surface area contributed by atoms with Crippen molar-refractivity contribution in [3.8, 4) is 0 Å². The minimum Gasteiger partial charge on any atom is -0.341 e. The van der Waals surface area contributed by atoms with Gasteiger partial charge in [-0.05, 0) is 31.2 Å². The van der Waals surface area contributed by atoms with Gasteiger partial charge < -0.3 is 10.2 Å². The molecule has 1 unspecified atom stereocenters. The molecule has 8 nitrogen and oxygen atoms in total. The first kappa shape index (κ1) is 22.1. The van der Waals surface area contributed by atoms with E-state index in [-0.39, 0.29) is 30.2 Å². The summed E-state index contributed by atoms with van der Waals surface area (Å²) in [7, 11) is -8.70. The van der Waals surface area contributed by atoms with Crippen molar-refractivity contribution in [3.63, 3.8) is 0 Å². The average Bonchev–Trinajstić information content (AvgIpc) is 2.60. The second-order valence-electron chi connectivity index (χ2n) is 6.15. The normalized spacial score (nSPS) is 18.4. The van der Waals surface area contributed by atoms with Gasteiger partial charge in [-0.1, -0.05) is 0 Å². The summed E-state index contributed by atoms with van der Waals surface area (Å²) in [6, 6.07) is 2.10. The number of nitrogens with one attached hydrogen (secondary N) is 1. The lowest BCUT2D eigenvalue weighted by Crippen LogP contribution is -2.51. The molecular weight excluding hydrogens is 425 g/mol. The first-order valence-corrected chi connectivity index (χ1v) is 11.3. The number of nitrogens with zero attached hydrogens (tertiary/aromatic N) is 1. The van der Waals surface area contributed by atoms with E-state index in [0.717, 1.165) is 12.1 Å². The van der Waals surface area contributed by atoms with Crippen molar-refractivity contribution in [1.82, 2.24) is 10.2 Å². The summed E-state index contributed by atoms with van der Waals surface area (Å²) in [6.07, 6.45) is 0. The minimum absolute atomic E-state index is 0.00533. The molecule has 28 heavy (non-hydrogen) atoms. The molecule has 1 aromatic rings. The number of halogens is 3. The van der Waals surface area contributed by atoms with Crippen molar-refractivity contribution in [2.45, 2.75) is 23.4 Å². The van der Waals surface area contributed by atoms with E-state index in [0.29, 0.717) is 12.1 Å². The predicted molar refractivity (Wildman–Crippen MR) is 91.8 cm³/mol. The SMILES string of the molecule is CC(NC(=O)c1ccc(S(=O)(=O)C(F)(F)F)cc1)C(=O)N1CCS(=O)(=O)CC1. The lowest BCUT2D eigenvalue weighted by Gasteiger charge is -2.29. The third kappa shape index (κ3) is 4.82. The quantitative estimate of drug-likeness (QED) is 0.719. The molecule has 1 aromatic carbocycles. The molecule has 0 spiro atoms. The highest BCUT2D eigenvalue weighted by atomic mass is 32.2. The third-order valence-electron chi connectivity index (χ3n) is 4.11. The Morgan fingerprint density at radius 3 is 2.07 bits per heavy atom. The van der Waals surface area contributed by atoms with Gasteiger partial charge in [-0.25, -0.2) is 16.8 Å². The molecule has 0 aliphatic carbocycles. The Balaban J connectivity index is 2.04. The maximum absolute atomic E-state index is 12.5. The van der Waals surface area contributed by atoms with Crippen LogP contribution in [0, 0.1) is 0 Å². The van der Waals surface area contributed by atoms with Crippen LogP contribution < -0.4 is 5.32 Å². The zero-order chi connectivity index (χ0) is 21.3. The van der Waals surface area contributed by atoms with E-state index in [2.05, 4.69) is 5.32 Å². The molecule has 2 amide bonds. The maximum Gasteiger partial charge on any atom is 0.501 e. The zero-order valence-electron chi connectivity index (χ0n) is 14.6. The zero-order valence-corrected chi connectivity index (χ0v) is 16.2. The van der Waals surface area contributed by atoms with Gasteiger partial charge in [0.2, 0.25) is 5.91 Å². The van der Waals surface area contributed by atoms with Gasteiger partial charge in [0, 0.05) is 18.7 Å². The van der Waals surface area contributed by atoms with Gasteiger partial charge in [0.05, 0.1) is 16.4 Å². The Labute approximate surface area is 159 Å². The summed E-state index contributed by atoms with van der Waals surface area (Å²) < 4.78 is 82.9. The summed E-state index contributed by atoms with van der Waals surface area (Å²) in [5, 5.41) is 2.35. The predicted octanol–water partition coefficient (Wildman–Crippen LogP) is 0.355. The Morgan fingerprint density at radius 2 is 1.61 bits per heavy atom. The fourth-order valence-corrected chi connectivity index (χ4v) is 4.43. The van der Waals surface area contributed by atoms with E-state index in [4.69, 9.17) is 0 Å². The van der Waals surface area contributed by atoms with Crippen LogP contribution in [-0.2, 0) is 24.5 Å². The summed E-state index contributed by atoms with van der Waals surface area (Å²) in [5.74, 6) is -1.63. The summed E-state index contributed by atoms with van der Waals surface area (Å²) in [5.41, 5.74) is -5.60. The van der Waals surface area contributed by atoms with E-state index in [1.165, 1.54) is 11.8 Å². The highest BCUT2D eigenvalue weighted by molar-refractivity contribution is 7.92. The highest BCUT2D eigenvalue weighted by Gasteiger charge is 2.46. The number of sulfone groups is 2. The van der Waals surface area contributed by atoms with Gasteiger partial charge in [-0.15, -0.1) is 0 Å². The number of alkyl halides is 3. The first-order valence-electron chi connectivity index (χ1n) is 7.96. The van der Waals surface area contributed by atoms with Crippen LogP contribution in [0.3, 0.4) is 0 Å². The van der Waals surface area contributed by atoms with Gasteiger partial charge in [-0.2, -0.15) is 13.2 Å². The molecule has 0 radical (unpaired) electrons. The van der Waals surface area contributed by atoms with Crippen molar-refractivity contribution >= 4 is 31.5 Å². The largest absolute Gasteiger partial charge is 0.501 e. The minimum atomic E-state index is -5.52. The average molecular weight is 442 g/mol. The van der Waals surface area contributed by atoms with Crippen LogP contribution in [-0.4, -0.2) is 69.7 Å². The number of carbonyl (C=O) groups excluding carboxylic acids is 2. The number of benzene rings is 1. The van der Waals surface area contributed by atoms with Crippen molar-refractivity contribution in [2.75, 3.05) is 24.6 Å². The van der Waals surface area contributed by atoms with Crippen LogP contribution in [0.5, 0.6) is 0 Å². The van der Waals surface area contributed by atoms with Gasteiger partial charge in [0.1, 0.15) is 6.04 Å². The van der Waals surface area contributed by atoms with Crippen molar-refractivity contribution < 1.29 is 39.6 Å². The summed E-state index contributed by atoms with van der Waals surface area (Å²) >= 11 is 0. The van der Waals surface area contributed by atoms with E-state index in [9.17, 15) is 39.6 Å². The molecule has 1 atom stereocenters. The fourth-order valence-electron chi connectivity index (χ4n) is 2.47. The van der Waals surface area contributed by atoms with Crippen molar-refractivity contribution in [1.29, 1.82) is 0 Å². The molecule has 2 rings (SSSR count). The molecule has 1 fully saturated rings. The molecule has 0 saturated carbocycles. The Bertz CT molecular complexity index is 958. The number of amides is 2. The van der Waals surface area contributed by atoms with Crippen LogP contribution in [0.15, 0.2) is 29.2 Å². The molecule has 156 valence electrons. The summed E-state index contributed by atoms with van der Waals surface area (Å²) in [4.78, 5) is 24.7. The molecular formula is C15H17F3N2O6S2. The topological polar surface area (TPSA) is 118 Å². The monoisotopic (exact) mass is 442 g/mol. The van der Waals surface area contributed by atoms with Crippen LogP contribution in [0.25, 0.3) is 0 Å². The lowest BCUT2D eigenvalue weighted by molar-refractivity contribution is -0.132. The second-order valence-corrected chi connectivity index (χ2v) is 10.4.